The van der Waals surface area contributed by atoms with Gasteiger partial charge in [-0.2, -0.15) is 0 Å². The number of carbonyl (C=O) groups is 1. The summed E-state index contributed by atoms with van der Waals surface area (Å²) < 4.78 is 41.6. The van der Waals surface area contributed by atoms with Crippen molar-refractivity contribution >= 4 is 30.9 Å². The number of benzene rings is 2. The number of nitrogens with zero attached hydrogens (tertiary/aromatic N) is 5. The van der Waals surface area contributed by atoms with Crippen LogP contribution in [0.5, 0.6) is 17.2 Å². The van der Waals surface area contributed by atoms with Gasteiger partial charge in [0, 0.05) is 51.0 Å². The van der Waals surface area contributed by atoms with Crippen LogP contribution in [-0.4, -0.2) is 81.0 Å². The number of carbonyl (C=O) groups excluding carboxylic acids is 1. The molecule has 11 nitrogen and oxygen atoms in total. The first kappa shape index (κ1) is 40.8. The van der Waals surface area contributed by atoms with Crippen LogP contribution in [0.25, 0.3) is 10.9 Å². The molecule has 294 valence electrons. The third-order valence-electron chi connectivity index (χ3n) is 11.0. The Kier molecular flexibility index (Phi) is 12.8. The molecule has 0 radical (unpaired) electrons. The summed E-state index contributed by atoms with van der Waals surface area (Å²) >= 11 is 0. The lowest BCUT2D eigenvalue weighted by Crippen LogP contribution is -2.42. The highest BCUT2D eigenvalue weighted by molar-refractivity contribution is 6.74. The predicted molar refractivity (Wildman–Crippen MR) is 215 cm³/mol. The second-order valence-electron chi connectivity index (χ2n) is 15.8. The minimum atomic E-state index is -1.78. The topological polar surface area (TPSA) is 100 Å². The number of rotatable bonds is 17. The van der Waals surface area contributed by atoms with E-state index in [1.807, 2.05) is 49.7 Å². The summed E-state index contributed by atoms with van der Waals surface area (Å²) in [6.45, 7) is 18.0. The number of fused-ring (bicyclic) bond motifs is 3. The molecule has 0 unspecified atom stereocenters. The van der Waals surface area contributed by atoms with Gasteiger partial charge in [-0.05, 0) is 68.6 Å². The molecule has 1 aliphatic rings. The van der Waals surface area contributed by atoms with Crippen molar-refractivity contribution in [1.29, 1.82) is 0 Å². The van der Waals surface area contributed by atoms with Crippen LogP contribution >= 0.6 is 0 Å². The first-order valence-corrected chi connectivity index (χ1v) is 21.9. The zero-order chi connectivity index (χ0) is 39.4. The van der Waals surface area contributed by atoms with Crippen LogP contribution in [0, 0.1) is 5.82 Å². The molecule has 1 aliphatic heterocycles. The maximum Gasteiger partial charge on any atom is 0.280 e. The van der Waals surface area contributed by atoms with Gasteiger partial charge in [0.2, 0.25) is 0 Å². The largest absolute Gasteiger partial charge is 0.497 e. The number of ether oxygens (including phenoxy) is 3. The van der Waals surface area contributed by atoms with Gasteiger partial charge in [-0.25, -0.2) is 9.07 Å². The Bertz CT molecular complexity index is 1990. The molecule has 0 saturated carbocycles. The van der Waals surface area contributed by atoms with Gasteiger partial charge < -0.3 is 33.0 Å². The number of hydrogen-bond acceptors (Lipinski definition) is 8. The monoisotopic (exact) mass is 763 g/mol. The lowest BCUT2D eigenvalue weighted by Gasteiger charge is -2.36. The van der Waals surface area contributed by atoms with Crippen LogP contribution in [-0.2, 0) is 17.6 Å². The Morgan fingerprint density at radius 3 is 2.35 bits per heavy atom. The fraction of sp³-hybridized carbons (Fsp3) is 0.537. The lowest BCUT2D eigenvalue weighted by molar-refractivity contribution is 0.0685. The first-order chi connectivity index (χ1) is 25.6. The summed E-state index contributed by atoms with van der Waals surface area (Å²) in [7, 11) is 3.29. The van der Waals surface area contributed by atoms with Gasteiger partial charge >= 0.3 is 0 Å². The fourth-order valence-corrected chi connectivity index (χ4v) is 7.81. The first-order valence-electron chi connectivity index (χ1n) is 19.0. The Morgan fingerprint density at radius 2 is 1.70 bits per heavy atom. The maximum absolute atomic E-state index is 14.6. The van der Waals surface area contributed by atoms with E-state index in [2.05, 4.69) is 38.8 Å². The highest BCUT2D eigenvalue weighted by Crippen LogP contribution is 2.41. The van der Waals surface area contributed by atoms with Crippen molar-refractivity contribution in [2.75, 3.05) is 52.4 Å². The summed E-state index contributed by atoms with van der Waals surface area (Å²) in [6, 6.07) is 11.6. The zero-order valence-electron chi connectivity index (χ0n) is 33.8. The number of halogens is 1. The third-order valence-corrected chi connectivity index (χ3v) is 15.5. The number of anilines is 1. The third kappa shape index (κ3) is 8.62. The fourth-order valence-electron chi connectivity index (χ4n) is 6.72. The highest BCUT2D eigenvalue weighted by Gasteiger charge is 2.38. The number of hydrogen-bond donors (Lipinski definition) is 0. The van der Waals surface area contributed by atoms with Gasteiger partial charge in [0.15, 0.2) is 25.6 Å². The minimum absolute atomic E-state index is 0.0102. The van der Waals surface area contributed by atoms with Crippen LogP contribution < -0.4 is 24.7 Å². The van der Waals surface area contributed by atoms with E-state index < -0.39 is 19.7 Å². The molecule has 0 bridgehead atoms. The van der Waals surface area contributed by atoms with Gasteiger partial charge in [-0.3, -0.25) is 9.59 Å². The van der Waals surface area contributed by atoms with E-state index >= 15 is 0 Å². The maximum atomic E-state index is 14.6. The Hall–Kier alpha value is -4.36. The molecule has 1 atom stereocenters. The number of amides is 1. The molecule has 3 heterocycles. The Morgan fingerprint density at radius 1 is 1.00 bits per heavy atom. The average Bonchev–Trinajstić information content (AvgIpc) is 3.50. The number of methoxy groups -OCH3 is 2. The SMILES string of the molecule is CCN1C[C@H](C)n2c(c(OC)c3c(=O)n(Cc4ccc(F)cc4OCc4ccc(OC)cc4)nc(N(C)CCCCCCO[Si](C)(C)C(C)(C)C)c32)C1=O. The molecular formula is C41H58FN5O6Si. The Balaban J connectivity index is 1.47. The van der Waals surface area contributed by atoms with Crippen molar-refractivity contribution in [1.82, 2.24) is 19.2 Å². The van der Waals surface area contributed by atoms with Crippen molar-refractivity contribution in [3.8, 4) is 17.2 Å². The van der Waals surface area contributed by atoms with E-state index in [9.17, 15) is 14.0 Å². The second kappa shape index (κ2) is 17.0. The predicted octanol–water partition coefficient (Wildman–Crippen LogP) is 8.04. The van der Waals surface area contributed by atoms with E-state index in [0.717, 1.165) is 43.6 Å². The normalized spacial score (nSPS) is 14.8. The van der Waals surface area contributed by atoms with E-state index in [-0.39, 0.29) is 35.9 Å². The number of aromatic nitrogens is 3. The van der Waals surface area contributed by atoms with Crippen molar-refractivity contribution in [3.63, 3.8) is 0 Å². The molecule has 0 N–H and O–H groups in total. The van der Waals surface area contributed by atoms with Crippen LogP contribution in [0.15, 0.2) is 47.3 Å². The van der Waals surface area contributed by atoms with Gasteiger partial charge in [0.05, 0.1) is 20.8 Å². The zero-order valence-corrected chi connectivity index (χ0v) is 34.8. The van der Waals surface area contributed by atoms with Crippen molar-refractivity contribution in [2.24, 2.45) is 0 Å². The molecule has 5 rings (SSSR count). The molecule has 1 amide bonds. The standard InChI is InChI=1S/C41H58FN5O6Si/c1-11-45-25-28(2)47-35-34(37(51-8)36(47)40(45)49)39(48)46(43-38(35)44(6)22-14-12-13-15-23-53-54(9,10)41(3,4)5)26-30-18-19-31(42)24-33(30)52-27-29-16-20-32(50-7)21-17-29/h16-21,24,28H,11-15,22-23,25-27H2,1-10H3/t28-/m0/s1. The number of unbranched alkanes of at least 4 members (excludes halogenated alkanes) is 3. The van der Waals surface area contributed by atoms with Crippen LogP contribution in [0.3, 0.4) is 0 Å². The molecule has 54 heavy (non-hydrogen) atoms. The van der Waals surface area contributed by atoms with Crippen LogP contribution in [0.4, 0.5) is 10.2 Å². The van der Waals surface area contributed by atoms with E-state index in [1.54, 1.807) is 18.1 Å². The van der Waals surface area contributed by atoms with Crippen LogP contribution in [0.1, 0.15) is 88.0 Å². The van der Waals surface area contributed by atoms with E-state index in [0.29, 0.717) is 53.4 Å². The van der Waals surface area contributed by atoms with E-state index in [1.165, 1.54) is 23.9 Å². The molecule has 0 spiro atoms. The van der Waals surface area contributed by atoms with Gasteiger partial charge in [0.1, 0.15) is 34.8 Å². The van der Waals surface area contributed by atoms with Crippen molar-refractivity contribution < 1.29 is 27.8 Å². The molecule has 0 aliphatic carbocycles. The molecule has 0 fully saturated rings. The summed E-state index contributed by atoms with van der Waals surface area (Å²) in [5, 5.41) is 5.46. The summed E-state index contributed by atoms with van der Waals surface area (Å²) in [5.41, 5.74) is 1.98. The van der Waals surface area contributed by atoms with Gasteiger partial charge in [0.25, 0.3) is 11.5 Å². The minimum Gasteiger partial charge on any atom is -0.497 e. The lowest BCUT2D eigenvalue weighted by atomic mass is 10.2. The highest BCUT2D eigenvalue weighted by atomic mass is 28.4. The molecule has 13 heteroatoms. The number of likely N-dealkylation sites (N-methyl/N-ethyl adjacent to an activating group) is 1. The average molecular weight is 764 g/mol. The molecule has 4 aromatic rings. The molecule has 2 aromatic heterocycles. The smallest absolute Gasteiger partial charge is 0.280 e. The van der Waals surface area contributed by atoms with Gasteiger partial charge in [-0.1, -0.05) is 51.8 Å². The van der Waals surface area contributed by atoms with Crippen molar-refractivity contribution in [2.45, 2.75) is 97.6 Å². The molecule has 0 saturated heterocycles. The summed E-state index contributed by atoms with van der Waals surface area (Å²) in [4.78, 5) is 32.2. The summed E-state index contributed by atoms with van der Waals surface area (Å²) in [5.74, 6) is 1.20. The molecular weight excluding hydrogens is 706 g/mol. The van der Waals surface area contributed by atoms with E-state index in [4.69, 9.17) is 23.7 Å². The Labute approximate surface area is 320 Å². The van der Waals surface area contributed by atoms with Crippen LogP contribution in [0.2, 0.25) is 18.1 Å². The second-order valence-corrected chi connectivity index (χ2v) is 20.6. The van der Waals surface area contributed by atoms with Crippen molar-refractivity contribution in [3.05, 3.63) is 75.5 Å². The summed E-state index contributed by atoms with van der Waals surface area (Å²) in [6.07, 6.45) is 3.96. The van der Waals surface area contributed by atoms with Gasteiger partial charge in [-0.15, -0.1) is 5.10 Å². The quantitative estimate of drug-likeness (QED) is 0.0788. The molecule has 2 aromatic carbocycles.